The molecule has 0 saturated carbocycles. The molecule has 0 radical (unpaired) electrons. The molecule has 0 aromatic heterocycles. The van der Waals surface area contributed by atoms with Gasteiger partial charge in [0.2, 0.25) is 0 Å². The maximum absolute atomic E-state index is 10.7. The number of rotatable bonds is 3. The highest BCUT2D eigenvalue weighted by molar-refractivity contribution is 7.81. The van der Waals surface area contributed by atoms with Crippen molar-refractivity contribution in [1.82, 2.24) is 0 Å². The van der Waals surface area contributed by atoms with Gasteiger partial charge in [-0.25, -0.2) is 19.4 Å². The van der Waals surface area contributed by atoms with Gasteiger partial charge in [-0.15, -0.1) is 0 Å². The predicted octanol–water partition coefficient (Wildman–Crippen LogP) is -0.825. The van der Waals surface area contributed by atoms with Gasteiger partial charge in [-0.1, -0.05) is 0 Å². The van der Waals surface area contributed by atoms with E-state index in [-0.39, 0.29) is 11.5 Å². The summed E-state index contributed by atoms with van der Waals surface area (Å²) in [5, 5.41) is 0. The van der Waals surface area contributed by atoms with Crippen molar-refractivity contribution in [3.8, 4) is 0 Å². The SMILES string of the molecule is NC(CS)C(=O)OOC(=O)CS. The van der Waals surface area contributed by atoms with E-state index in [0.717, 1.165) is 0 Å². The summed E-state index contributed by atoms with van der Waals surface area (Å²) >= 11 is 7.32. The lowest BCUT2D eigenvalue weighted by atomic mass is 10.4. The van der Waals surface area contributed by atoms with Crippen LogP contribution in [0.3, 0.4) is 0 Å². The van der Waals surface area contributed by atoms with Crippen LogP contribution in [0.25, 0.3) is 0 Å². The van der Waals surface area contributed by atoms with Gasteiger partial charge in [-0.3, -0.25) is 0 Å². The zero-order valence-electron chi connectivity index (χ0n) is 6.10. The van der Waals surface area contributed by atoms with Crippen molar-refractivity contribution in [2.24, 2.45) is 5.73 Å². The molecule has 0 aromatic carbocycles. The van der Waals surface area contributed by atoms with Crippen LogP contribution >= 0.6 is 25.3 Å². The Balaban J connectivity index is 3.64. The van der Waals surface area contributed by atoms with Gasteiger partial charge < -0.3 is 5.73 Å². The normalized spacial score (nSPS) is 11.9. The second kappa shape index (κ2) is 6.15. The van der Waals surface area contributed by atoms with Crippen molar-refractivity contribution in [2.45, 2.75) is 6.04 Å². The van der Waals surface area contributed by atoms with Crippen LogP contribution in [-0.4, -0.2) is 29.5 Å². The molecule has 0 rings (SSSR count). The second-order valence-corrected chi connectivity index (χ2v) is 2.49. The van der Waals surface area contributed by atoms with Crippen LogP contribution < -0.4 is 5.73 Å². The van der Waals surface area contributed by atoms with Gasteiger partial charge in [0.05, 0.1) is 5.75 Å². The van der Waals surface area contributed by atoms with Crippen LogP contribution in [0.5, 0.6) is 0 Å². The largest absolute Gasteiger partial charge is 0.372 e. The number of hydrogen-bond donors (Lipinski definition) is 3. The number of thiol groups is 2. The Bertz CT molecular complexity index is 175. The van der Waals surface area contributed by atoms with E-state index in [0.29, 0.717) is 0 Å². The summed E-state index contributed by atoms with van der Waals surface area (Å²) in [6.45, 7) is 0. The third-order valence-electron chi connectivity index (χ3n) is 0.845. The molecule has 0 aliphatic heterocycles. The summed E-state index contributed by atoms with van der Waals surface area (Å²) in [5.41, 5.74) is 5.18. The molecule has 2 N–H and O–H groups in total. The number of hydrogen-bond acceptors (Lipinski definition) is 7. The van der Waals surface area contributed by atoms with Crippen molar-refractivity contribution in [3.63, 3.8) is 0 Å². The van der Waals surface area contributed by atoms with Crippen LogP contribution in [0.2, 0.25) is 0 Å². The van der Waals surface area contributed by atoms with E-state index in [1.165, 1.54) is 0 Å². The Labute approximate surface area is 80.3 Å². The molecule has 1 atom stereocenters. The fourth-order valence-electron chi connectivity index (χ4n) is 0.250. The Hall–Kier alpha value is -0.400. The smallest absolute Gasteiger partial charge is 0.318 e. The highest BCUT2D eigenvalue weighted by Gasteiger charge is 2.15. The van der Waals surface area contributed by atoms with E-state index >= 15 is 0 Å². The Morgan fingerprint density at radius 2 is 1.92 bits per heavy atom. The maximum Gasteiger partial charge on any atom is 0.372 e. The Morgan fingerprint density at radius 3 is 2.33 bits per heavy atom. The summed E-state index contributed by atoms with van der Waals surface area (Å²) in [5.74, 6) is -1.63. The molecule has 0 saturated heterocycles. The first-order valence-corrected chi connectivity index (χ1v) is 4.26. The van der Waals surface area contributed by atoms with E-state index in [1.54, 1.807) is 0 Å². The summed E-state index contributed by atoms with van der Waals surface area (Å²) in [6.07, 6.45) is 0. The average Bonchev–Trinajstić information content (AvgIpc) is 2.11. The van der Waals surface area contributed by atoms with Crippen molar-refractivity contribution in [1.29, 1.82) is 0 Å². The van der Waals surface area contributed by atoms with Crippen molar-refractivity contribution in [2.75, 3.05) is 11.5 Å². The van der Waals surface area contributed by atoms with Gasteiger partial charge in [0, 0.05) is 5.75 Å². The molecular formula is C5H9NO4S2. The average molecular weight is 211 g/mol. The van der Waals surface area contributed by atoms with Gasteiger partial charge in [0.1, 0.15) is 6.04 Å². The molecule has 1 unspecified atom stereocenters. The van der Waals surface area contributed by atoms with E-state index in [4.69, 9.17) is 5.73 Å². The minimum Gasteiger partial charge on any atom is -0.318 e. The predicted molar refractivity (Wildman–Crippen MR) is 47.9 cm³/mol. The molecular weight excluding hydrogens is 202 g/mol. The number of carbonyl (C=O) groups excluding carboxylic acids is 2. The molecule has 0 aliphatic carbocycles. The monoisotopic (exact) mass is 211 g/mol. The molecule has 0 aromatic rings. The first-order chi connectivity index (χ1) is 5.61. The second-order valence-electron chi connectivity index (χ2n) is 1.80. The fourth-order valence-corrected chi connectivity index (χ4v) is 0.452. The van der Waals surface area contributed by atoms with Crippen LogP contribution in [0.15, 0.2) is 0 Å². The minimum absolute atomic E-state index is 0.122. The molecule has 5 nitrogen and oxygen atoms in total. The van der Waals surface area contributed by atoms with Crippen LogP contribution in [0.1, 0.15) is 0 Å². The van der Waals surface area contributed by atoms with Crippen LogP contribution in [0, 0.1) is 0 Å². The van der Waals surface area contributed by atoms with Crippen LogP contribution in [-0.2, 0) is 19.4 Å². The molecule has 0 heterocycles. The minimum atomic E-state index is -0.888. The topological polar surface area (TPSA) is 78.6 Å². The van der Waals surface area contributed by atoms with E-state index in [2.05, 4.69) is 35.0 Å². The van der Waals surface area contributed by atoms with Gasteiger partial charge >= 0.3 is 11.9 Å². The van der Waals surface area contributed by atoms with Crippen molar-refractivity contribution >= 4 is 37.2 Å². The Morgan fingerprint density at radius 1 is 1.33 bits per heavy atom. The molecule has 0 spiro atoms. The first-order valence-electron chi connectivity index (χ1n) is 3.00. The highest BCUT2D eigenvalue weighted by Crippen LogP contribution is 1.91. The lowest BCUT2D eigenvalue weighted by Gasteiger charge is -2.05. The van der Waals surface area contributed by atoms with Crippen molar-refractivity contribution in [3.05, 3.63) is 0 Å². The Kier molecular flexibility index (Phi) is 5.95. The molecule has 0 fully saturated rings. The lowest BCUT2D eigenvalue weighted by molar-refractivity contribution is -0.257. The zero-order chi connectivity index (χ0) is 9.56. The van der Waals surface area contributed by atoms with E-state index in [1.807, 2.05) is 0 Å². The fraction of sp³-hybridized carbons (Fsp3) is 0.600. The van der Waals surface area contributed by atoms with E-state index in [9.17, 15) is 9.59 Å². The maximum atomic E-state index is 10.7. The molecule has 0 amide bonds. The number of nitrogens with two attached hydrogens (primary N) is 1. The molecule has 7 heteroatoms. The first kappa shape index (κ1) is 11.6. The van der Waals surface area contributed by atoms with Crippen LogP contribution in [0.4, 0.5) is 0 Å². The standard InChI is InChI=1S/C5H9NO4S2/c6-3(1-11)5(8)10-9-4(7)2-12/h3,11-12H,1-2,6H2. The lowest BCUT2D eigenvalue weighted by Crippen LogP contribution is -2.34. The molecule has 0 aliphatic rings. The molecule has 70 valence electrons. The quantitative estimate of drug-likeness (QED) is 0.323. The molecule has 12 heavy (non-hydrogen) atoms. The third-order valence-corrected chi connectivity index (χ3v) is 1.50. The summed E-state index contributed by atoms with van der Waals surface area (Å²) in [6, 6.07) is -0.888. The summed E-state index contributed by atoms with van der Waals surface area (Å²) in [7, 11) is 0. The van der Waals surface area contributed by atoms with E-state index < -0.39 is 18.0 Å². The summed E-state index contributed by atoms with van der Waals surface area (Å²) in [4.78, 5) is 29.1. The zero-order valence-corrected chi connectivity index (χ0v) is 7.89. The van der Waals surface area contributed by atoms with Gasteiger partial charge in [-0.05, 0) is 0 Å². The molecule has 0 bridgehead atoms. The number of carbonyl (C=O) groups is 2. The van der Waals surface area contributed by atoms with Crippen molar-refractivity contribution < 1.29 is 19.4 Å². The third kappa shape index (κ3) is 4.47. The summed E-state index contributed by atoms with van der Waals surface area (Å²) < 4.78 is 0. The van der Waals surface area contributed by atoms with Gasteiger partial charge in [0.15, 0.2) is 0 Å². The highest BCUT2D eigenvalue weighted by atomic mass is 32.1. The van der Waals surface area contributed by atoms with Gasteiger partial charge in [-0.2, -0.15) is 25.3 Å². The van der Waals surface area contributed by atoms with Gasteiger partial charge in [0.25, 0.3) is 0 Å².